The minimum atomic E-state index is -0.507. The molecule has 4 rings (SSSR count). The van der Waals surface area contributed by atoms with Crippen LogP contribution in [0.1, 0.15) is 5.56 Å². The molecule has 0 aliphatic carbocycles. The molecule has 0 bridgehead atoms. The first kappa shape index (κ1) is 19.5. The molecule has 0 saturated carbocycles. The van der Waals surface area contributed by atoms with Crippen molar-refractivity contribution in [2.24, 2.45) is 5.10 Å². The molecule has 3 heterocycles. The average Bonchev–Trinajstić information content (AvgIpc) is 3.12. The molecular formula is C20H20N6O4. The Labute approximate surface area is 171 Å². The lowest BCUT2D eigenvalue weighted by molar-refractivity contribution is -0.385. The van der Waals surface area contributed by atoms with Gasteiger partial charge in [-0.3, -0.25) is 20.3 Å². The largest absolute Gasteiger partial charge is 0.378 e. The standard InChI is InChI=1S/C20H20N6O4/c27-20(24-7-9-30-10-8-24)14-25-13-15(17-3-1-2-4-18(17)25)11-22-23-19-6-5-16(12-21-19)26(28)29/h1-6,11-13H,7-10,14H2,(H,21,23)/b22-11+. The van der Waals surface area contributed by atoms with Gasteiger partial charge < -0.3 is 14.2 Å². The van der Waals surface area contributed by atoms with Crippen LogP contribution in [-0.4, -0.2) is 57.8 Å². The van der Waals surface area contributed by atoms with Crippen LogP contribution >= 0.6 is 0 Å². The second-order valence-corrected chi connectivity index (χ2v) is 6.75. The number of carbonyl (C=O) groups excluding carboxylic acids is 1. The number of nitrogens with one attached hydrogen (secondary N) is 1. The van der Waals surface area contributed by atoms with Crippen LogP contribution in [0, 0.1) is 10.1 Å². The van der Waals surface area contributed by atoms with Gasteiger partial charge in [-0.1, -0.05) is 18.2 Å². The molecule has 10 heteroatoms. The number of benzene rings is 1. The molecule has 0 radical (unpaired) electrons. The molecule has 1 aliphatic heterocycles. The number of morpholine rings is 1. The number of nitro groups is 1. The Morgan fingerprint density at radius 2 is 2.07 bits per heavy atom. The van der Waals surface area contributed by atoms with Crippen molar-refractivity contribution in [3.63, 3.8) is 0 Å². The summed E-state index contributed by atoms with van der Waals surface area (Å²) in [5.41, 5.74) is 4.46. The molecule has 1 aromatic carbocycles. The van der Waals surface area contributed by atoms with Gasteiger partial charge in [0, 0.05) is 41.8 Å². The van der Waals surface area contributed by atoms with E-state index in [4.69, 9.17) is 4.74 Å². The van der Waals surface area contributed by atoms with Gasteiger partial charge in [0.15, 0.2) is 0 Å². The molecule has 0 unspecified atom stereocenters. The summed E-state index contributed by atoms with van der Waals surface area (Å²) in [5, 5.41) is 15.8. The number of pyridine rings is 1. The fourth-order valence-corrected chi connectivity index (χ4v) is 3.30. The summed E-state index contributed by atoms with van der Waals surface area (Å²) >= 11 is 0. The number of amides is 1. The van der Waals surface area contributed by atoms with E-state index in [2.05, 4.69) is 15.5 Å². The van der Waals surface area contributed by atoms with E-state index in [9.17, 15) is 14.9 Å². The molecule has 1 amide bonds. The summed E-state index contributed by atoms with van der Waals surface area (Å²) in [6.07, 6.45) is 4.69. The van der Waals surface area contributed by atoms with E-state index < -0.39 is 4.92 Å². The Morgan fingerprint density at radius 1 is 1.27 bits per heavy atom. The molecule has 1 N–H and O–H groups in total. The zero-order chi connectivity index (χ0) is 20.9. The quantitative estimate of drug-likeness (QED) is 0.380. The topological polar surface area (TPSA) is 115 Å². The van der Waals surface area contributed by atoms with E-state index >= 15 is 0 Å². The third-order valence-corrected chi connectivity index (χ3v) is 4.83. The summed E-state index contributed by atoms with van der Waals surface area (Å²) in [6.45, 7) is 2.60. The van der Waals surface area contributed by atoms with E-state index in [0.29, 0.717) is 32.1 Å². The number of ether oxygens (including phenoxy) is 1. The van der Waals surface area contributed by atoms with Crippen molar-refractivity contribution < 1.29 is 14.5 Å². The molecule has 10 nitrogen and oxygen atoms in total. The highest BCUT2D eigenvalue weighted by Crippen LogP contribution is 2.20. The number of fused-ring (bicyclic) bond motifs is 1. The van der Waals surface area contributed by atoms with Gasteiger partial charge in [-0.2, -0.15) is 5.10 Å². The predicted octanol–water partition coefficient (Wildman–Crippen LogP) is 2.25. The fourth-order valence-electron chi connectivity index (χ4n) is 3.30. The van der Waals surface area contributed by atoms with Crippen molar-refractivity contribution in [3.8, 4) is 0 Å². The number of anilines is 1. The first-order valence-corrected chi connectivity index (χ1v) is 9.45. The number of hydrogen-bond acceptors (Lipinski definition) is 7. The fraction of sp³-hybridized carbons (Fsp3) is 0.250. The molecule has 3 aromatic rings. The second-order valence-electron chi connectivity index (χ2n) is 6.75. The van der Waals surface area contributed by atoms with Crippen molar-refractivity contribution >= 4 is 34.5 Å². The highest BCUT2D eigenvalue weighted by molar-refractivity contribution is 6.00. The van der Waals surface area contributed by atoms with Crippen LogP contribution in [0.2, 0.25) is 0 Å². The number of hydrogen-bond donors (Lipinski definition) is 1. The van der Waals surface area contributed by atoms with Crippen molar-refractivity contribution in [1.29, 1.82) is 0 Å². The van der Waals surface area contributed by atoms with Crippen molar-refractivity contribution in [2.45, 2.75) is 6.54 Å². The van der Waals surface area contributed by atoms with E-state index in [-0.39, 0.29) is 18.1 Å². The molecule has 0 spiro atoms. The van der Waals surface area contributed by atoms with Crippen LogP contribution < -0.4 is 5.43 Å². The molecule has 2 aromatic heterocycles. The first-order chi connectivity index (χ1) is 14.6. The van der Waals surface area contributed by atoms with Gasteiger partial charge in [-0.05, 0) is 12.1 Å². The highest BCUT2D eigenvalue weighted by Gasteiger charge is 2.18. The summed E-state index contributed by atoms with van der Waals surface area (Å²) in [6, 6.07) is 10.6. The zero-order valence-corrected chi connectivity index (χ0v) is 16.1. The average molecular weight is 408 g/mol. The Hall–Kier alpha value is -3.79. The number of para-hydroxylation sites is 1. The molecule has 154 valence electrons. The Morgan fingerprint density at radius 3 is 2.80 bits per heavy atom. The van der Waals surface area contributed by atoms with E-state index in [1.807, 2.05) is 39.9 Å². The number of rotatable bonds is 6. The van der Waals surface area contributed by atoms with Crippen LogP contribution in [0.25, 0.3) is 10.9 Å². The monoisotopic (exact) mass is 408 g/mol. The van der Waals surface area contributed by atoms with Crippen LogP contribution in [0.4, 0.5) is 11.5 Å². The number of hydrazone groups is 1. The van der Waals surface area contributed by atoms with Gasteiger partial charge in [0.25, 0.3) is 5.69 Å². The van der Waals surface area contributed by atoms with Crippen LogP contribution in [0.15, 0.2) is 53.9 Å². The van der Waals surface area contributed by atoms with Gasteiger partial charge in [0.1, 0.15) is 18.6 Å². The first-order valence-electron chi connectivity index (χ1n) is 9.45. The maximum Gasteiger partial charge on any atom is 0.287 e. The van der Waals surface area contributed by atoms with Gasteiger partial charge >= 0.3 is 0 Å². The van der Waals surface area contributed by atoms with Crippen LogP contribution in [-0.2, 0) is 16.1 Å². The van der Waals surface area contributed by atoms with Crippen LogP contribution in [0.3, 0.4) is 0 Å². The molecule has 30 heavy (non-hydrogen) atoms. The number of carbonyl (C=O) groups is 1. The van der Waals surface area contributed by atoms with Crippen molar-refractivity contribution in [2.75, 3.05) is 31.7 Å². The summed E-state index contributed by atoms with van der Waals surface area (Å²) in [4.78, 5) is 28.6. The minimum absolute atomic E-state index is 0.0516. The van der Waals surface area contributed by atoms with E-state index in [1.54, 1.807) is 6.21 Å². The van der Waals surface area contributed by atoms with Gasteiger partial charge in [-0.25, -0.2) is 4.98 Å². The van der Waals surface area contributed by atoms with Gasteiger partial charge in [-0.15, -0.1) is 0 Å². The second kappa shape index (κ2) is 8.70. The molecule has 0 atom stereocenters. The maximum absolute atomic E-state index is 12.6. The maximum atomic E-state index is 12.6. The highest BCUT2D eigenvalue weighted by atomic mass is 16.6. The van der Waals surface area contributed by atoms with Crippen molar-refractivity contribution in [1.82, 2.24) is 14.5 Å². The van der Waals surface area contributed by atoms with Gasteiger partial charge in [0.2, 0.25) is 5.91 Å². The third-order valence-electron chi connectivity index (χ3n) is 4.83. The summed E-state index contributed by atoms with van der Waals surface area (Å²) in [7, 11) is 0. The molecule has 1 aliphatic rings. The number of nitrogens with zero attached hydrogens (tertiary/aromatic N) is 5. The minimum Gasteiger partial charge on any atom is -0.378 e. The van der Waals surface area contributed by atoms with Crippen molar-refractivity contribution in [3.05, 3.63) is 64.5 Å². The zero-order valence-electron chi connectivity index (χ0n) is 16.1. The Kier molecular flexibility index (Phi) is 5.66. The summed E-state index contributed by atoms with van der Waals surface area (Å²) in [5.74, 6) is 0.443. The van der Waals surface area contributed by atoms with E-state index in [0.717, 1.165) is 16.5 Å². The lowest BCUT2D eigenvalue weighted by Crippen LogP contribution is -2.42. The summed E-state index contributed by atoms with van der Waals surface area (Å²) < 4.78 is 7.23. The molecule has 1 fully saturated rings. The SMILES string of the molecule is O=C(Cn1cc(/C=N/Nc2ccc([N+](=O)[O-])cn2)c2ccccc21)N1CCOCC1. The lowest BCUT2D eigenvalue weighted by atomic mass is 10.2. The van der Waals surface area contributed by atoms with Gasteiger partial charge in [0.05, 0.1) is 24.4 Å². The van der Waals surface area contributed by atoms with Crippen LogP contribution in [0.5, 0.6) is 0 Å². The molecular weight excluding hydrogens is 388 g/mol. The Balaban J connectivity index is 1.50. The van der Waals surface area contributed by atoms with E-state index in [1.165, 1.54) is 18.3 Å². The normalized spacial score (nSPS) is 14.3. The third kappa shape index (κ3) is 4.28. The molecule has 1 saturated heterocycles. The lowest BCUT2D eigenvalue weighted by Gasteiger charge is -2.27. The Bertz CT molecular complexity index is 1090. The predicted molar refractivity (Wildman–Crippen MR) is 111 cm³/mol. The smallest absolute Gasteiger partial charge is 0.287 e. The number of aromatic nitrogens is 2.